The number of piperidine rings is 1. The van der Waals surface area contributed by atoms with E-state index < -0.39 is 0 Å². The Morgan fingerprint density at radius 1 is 1.28 bits per heavy atom. The minimum Gasteiger partial charge on any atom is -0.440 e. The summed E-state index contributed by atoms with van der Waals surface area (Å²) >= 11 is 6.23. The number of amides is 1. The Morgan fingerprint density at radius 2 is 2.00 bits per heavy atom. The number of hydrogen-bond donors (Lipinski definition) is 0. The van der Waals surface area contributed by atoms with Crippen molar-refractivity contribution >= 4 is 28.6 Å². The molecule has 6 nitrogen and oxygen atoms in total. The fraction of sp³-hybridized carbons (Fsp3) is 0.389. The molecule has 1 aliphatic rings. The minimum absolute atomic E-state index is 0.0494. The standard InChI is InChI=1S/C18H19ClN4O2/c1-11-15(16(19)22(2)21-11)18(24)23-9-7-12(8-10-23)17-20-13-5-3-4-6-14(13)25-17/h3-6,12H,7-10H2,1-2H3. The number of para-hydroxylation sites is 2. The lowest BCUT2D eigenvalue weighted by atomic mass is 9.96. The molecule has 1 saturated heterocycles. The van der Waals surface area contributed by atoms with E-state index in [4.69, 9.17) is 16.0 Å². The van der Waals surface area contributed by atoms with Crippen LogP contribution in [0.2, 0.25) is 5.15 Å². The van der Waals surface area contributed by atoms with Gasteiger partial charge in [-0.15, -0.1) is 0 Å². The minimum atomic E-state index is -0.0494. The van der Waals surface area contributed by atoms with Gasteiger partial charge < -0.3 is 9.32 Å². The second kappa shape index (κ2) is 6.19. The number of carbonyl (C=O) groups excluding carboxylic acids is 1. The molecule has 0 radical (unpaired) electrons. The predicted octanol–water partition coefficient (Wildman–Crippen LogP) is 3.54. The molecule has 7 heteroatoms. The van der Waals surface area contributed by atoms with Crippen LogP contribution in [0.25, 0.3) is 11.1 Å². The third-order valence-electron chi connectivity index (χ3n) is 4.81. The lowest BCUT2D eigenvalue weighted by Crippen LogP contribution is -2.38. The summed E-state index contributed by atoms with van der Waals surface area (Å²) in [4.78, 5) is 19.2. The van der Waals surface area contributed by atoms with Crippen molar-refractivity contribution in [1.82, 2.24) is 19.7 Å². The highest BCUT2D eigenvalue weighted by Crippen LogP contribution is 2.31. The molecule has 3 aromatic rings. The highest BCUT2D eigenvalue weighted by atomic mass is 35.5. The average Bonchev–Trinajstić information content (AvgIpc) is 3.15. The number of carbonyl (C=O) groups is 1. The van der Waals surface area contributed by atoms with Crippen molar-refractivity contribution in [3.05, 3.63) is 46.6 Å². The van der Waals surface area contributed by atoms with Crippen molar-refractivity contribution in [2.75, 3.05) is 13.1 Å². The van der Waals surface area contributed by atoms with Crippen molar-refractivity contribution in [3.63, 3.8) is 0 Å². The first-order valence-electron chi connectivity index (χ1n) is 8.38. The van der Waals surface area contributed by atoms with Gasteiger partial charge >= 0.3 is 0 Å². The van der Waals surface area contributed by atoms with Gasteiger partial charge in [0, 0.05) is 26.1 Å². The lowest BCUT2D eigenvalue weighted by Gasteiger charge is -2.30. The fourth-order valence-corrected chi connectivity index (χ4v) is 3.68. The summed E-state index contributed by atoms with van der Waals surface area (Å²) in [6.45, 7) is 3.13. The smallest absolute Gasteiger partial charge is 0.258 e. The highest BCUT2D eigenvalue weighted by molar-refractivity contribution is 6.33. The largest absolute Gasteiger partial charge is 0.440 e. The zero-order valence-electron chi connectivity index (χ0n) is 14.2. The average molecular weight is 359 g/mol. The molecule has 0 bridgehead atoms. The topological polar surface area (TPSA) is 64.2 Å². The van der Waals surface area contributed by atoms with Gasteiger partial charge in [0.05, 0.1) is 11.3 Å². The van der Waals surface area contributed by atoms with Crippen LogP contribution >= 0.6 is 11.6 Å². The van der Waals surface area contributed by atoms with Crippen LogP contribution in [0.15, 0.2) is 28.7 Å². The zero-order chi connectivity index (χ0) is 17.6. The van der Waals surface area contributed by atoms with Crippen LogP contribution in [-0.2, 0) is 7.05 Å². The van der Waals surface area contributed by atoms with Crippen molar-refractivity contribution < 1.29 is 9.21 Å². The van der Waals surface area contributed by atoms with E-state index in [1.807, 2.05) is 36.1 Å². The van der Waals surface area contributed by atoms with E-state index >= 15 is 0 Å². The van der Waals surface area contributed by atoms with Crippen LogP contribution in [0.1, 0.15) is 40.7 Å². The first-order chi connectivity index (χ1) is 12.0. The molecule has 3 heterocycles. The van der Waals surface area contributed by atoms with Gasteiger partial charge in [-0.2, -0.15) is 5.10 Å². The van der Waals surface area contributed by atoms with E-state index in [9.17, 15) is 4.79 Å². The molecule has 1 fully saturated rings. The number of nitrogens with zero attached hydrogens (tertiary/aromatic N) is 4. The van der Waals surface area contributed by atoms with Gasteiger partial charge in [-0.1, -0.05) is 23.7 Å². The zero-order valence-corrected chi connectivity index (χ0v) is 15.0. The molecular weight excluding hydrogens is 340 g/mol. The number of likely N-dealkylation sites (tertiary alicyclic amines) is 1. The van der Waals surface area contributed by atoms with Crippen LogP contribution in [0.4, 0.5) is 0 Å². The van der Waals surface area contributed by atoms with Gasteiger partial charge in [-0.05, 0) is 31.9 Å². The monoisotopic (exact) mass is 358 g/mol. The molecular formula is C18H19ClN4O2. The molecule has 1 aromatic carbocycles. The maximum Gasteiger partial charge on any atom is 0.258 e. The number of aryl methyl sites for hydroxylation is 2. The van der Waals surface area contributed by atoms with Crippen molar-refractivity contribution in [3.8, 4) is 0 Å². The Labute approximate surface area is 150 Å². The molecule has 2 aromatic heterocycles. The Bertz CT molecular complexity index is 905. The number of halogens is 1. The SMILES string of the molecule is Cc1nn(C)c(Cl)c1C(=O)N1CCC(c2nc3ccccc3o2)CC1. The Hall–Kier alpha value is -2.34. The summed E-state index contributed by atoms with van der Waals surface area (Å²) in [5.41, 5.74) is 2.87. The number of hydrogen-bond acceptors (Lipinski definition) is 4. The van der Waals surface area contributed by atoms with E-state index in [0.29, 0.717) is 29.5 Å². The van der Waals surface area contributed by atoms with E-state index in [1.54, 1.807) is 7.05 Å². The molecule has 0 N–H and O–H groups in total. The summed E-state index contributed by atoms with van der Waals surface area (Å²) in [6, 6.07) is 7.78. The van der Waals surface area contributed by atoms with E-state index in [2.05, 4.69) is 10.1 Å². The quantitative estimate of drug-likeness (QED) is 0.702. The summed E-state index contributed by atoms with van der Waals surface area (Å²) in [5, 5.41) is 4.62. The Kier molecular flexibility index (Phi) is 4.00. The lowest BCUT2D eigenvalue weighted by molar-refractivity contribution is 0.0706. The Balaban J connectivity index is 1.48. The number of benzene rings is 1. The van der Waals surface area contributed by atoms with Gasteiger partial charge in [0.2, 0.25) is 0 Å². The summed E-state index contributed by atoms with van der Waals surface area (Å²) in [7, 11) is 1.74. The fourth-order valence-electron chi connectivity index (χ4n) is 3.43. The number of fused-ring (bicyclic) bond motifs is 1. The molecule has 0 unspecified atom stereocenters. The molecule has 1 aliphatic heterocycles. The van der Waals surface area contributed by atoms with E-state index in [1.165, 1.54) is 4.68 Å². The van der Waals surface area contributed by atoms with Gasteiger partial charge in [0.15, 0.2) is 11.5 Å². The summed E-state index contributed by atoms with van der Waals surface area (Å²) in [6.07, 6.45) is 1.66. The maximum absolute atomic E-state index is 12.8. The number of aromatic nitrogens is 3. The second-order valence-electron chi connectivity index (χ2n) is 6.46. The van der Waals surface area contributed by atoms with E-state index in [-0.39, 0.29) is 11.8 Å². The van der Waals surface area contributed by atoms with Gasteiger partial charge in [-0.25, -0.2) is 4.98 Å². The van der Waals surface area contributed by atoms with Crippen molar-refractivity contribution in [2.24, 2.45) is 7.05 Å². The van der Waals surface area contributed by atoms with Gasteiger partial charge in [0.1, 0.15) is 10.7 Å². The van der Waals surface area contributed by atoms with Gasteiger partial charge in [-0.3, -0.25) is 9.48 Å². The van der Waals surface area contributed by atoms with Crippen LogP contribution in [0.3, 0.4) is 0 Å². The molecule has 0 saturated carbocycles. The van der Waals surface area contributed by atoms with Crippen LogP contribution < -0.4 is 0 Å². The summed E-state index contributed by atoms with van der Waals surface area (Å²) < 4.78 is 7.42. The molecule has 1 amide bonds. The van der Waals surface area contributed by atoms with Crippen molar-refractivity contribution in [2.45, 2.75) is 25.7 Å². The molecule has 0 atom stereocenters. The van der Waals surface area contributed by atoms with Crippen LogP contribution in [0, 0.1) is 6.92 Å². The molecule has 130 valence electrons. The van der Waals surface area contributed by atoms with Gasteiger partial charge in [0.25, 0.3) is 5.91 Å². The third kappa shape index (κ3) is 2.80. The number of rotatable bonds is 2. The maximum atomic E-state index is 12.8. The van der Waals surface area contributed by atoms with Crippen molar-refractivity contribution in [1.29, 1.82) is 0 Å². The normalized spacial score (nSPS) is 15.9. The predicted molar refractivity (Wildman–Crippen MR) is 94.8 cm³/mol. The highest BCUT2D eigenvalue weighted by Gasteiger charge is 2.30. The second-order valence-corrected chi connectivity index (χ2v) is 6.82. The van der Waals surface area contributed by atoms with Crippen LogP contribution in [-0.4, -0.2) is 38.7 Å². The molecule has 25 heavy (non-hydrogen) atoms. The third-order valence-corrected chi connectivity index (χ3v) is 5.24. The van der Waals surface area contributed by atoms with Crippen LogP contribution in [0.5, 0.6) is 0 Å². The summed E-state index contributed by atoms with van der Waals surface area (Å²) in [5.74, 6) is 0.956. The Morgan fingerprint density at radius 3 is 2.64 bits per heavy atom. The molecule has 0 spiro atoms. The number of oxazole rings is 1. The molecule has 4 rings (SSSR count). The molecule has 0 aliphatic carbocycles. The van der Waals surface area contributed by atoms with E-state index in [0.717, 1.165) is 29.8 Å². The first kappa shape index (κ1) is 16.1. The first-order valence-corrected chi connectivity index (χ1v) is 8.76.